The van der Waals surface area contributed by atoms with Gasteiger partial charge < -0.3 is 14.2 Å². The van der Waals surface area contributed by atoms with E-state index in [-0.39, 0.29) is 18.3 Å². The summed E-state index contributed by atoms with van der Waals surface area (Å²) in [5, 5.41) is 17.1. The molecule has 8 heteroatoms. The summed E-state index contributed by atoms with van der Waals surface area (Å²) in [6.07, 6.45) is 4.82. The van der Waals surface area contributed by atoms with Crippen LogP contribution in [0.15, 0.2) is 57.6 Å². The van der Waals surface area contributed by atoms with Gasteiger partial charge in [0.2, 0.25) is 0 Å². The Morgan fingerprint density at radius 2 is 1.32 bits per heavy atom. The predicted molar refractivity (Wildman–Crippen MR) is 119 cm³/mol. The Morgan fingerprint density at radius 1 is 0.824 bits per heavy atom. The molecule has 2 saturated carbocycles. The van der Waals surface area contributed by atoms with Crippen molar-refractivity contribution in [1.29, 1.82) is 0 Å². The topological polar surface area (TPSA) is 89.4 Å². The number of aliphatic hydroxyl groups is 1. The van der Waals surface area contributed by atoms with Crippen LogP contribution in [0.5, 0.6) is 0 Å². The van der Waals surface area contributed by atoms with Gasteiger partial charge in [0.1, 0.15) is 28.8 Å². The Bertz CT molecular complexity index is 1320. The molecule has 6 rings (SSSR count). The highest BCUT2D eigenvalue weighted by Crippen LogP contribution is 2.44. The summed E-state index contributed by atoms with van der Waals surface area (Å²) in [6.45, 7) is -0.168. The van der Waals surface area contributed by atoms with Crippen LogP contribution in [0.25, 0.3) is 22.5 Å². The lowest BCUT2D eigenvalue weighted by Crippen LogP contribution is -1.92. The van der Waals surface area contributed by atoms with Gasteiger partial charge in [-0.15, -0.1) is 0 Å². The van der Waals surface area contributed by atoms with Crippen LogP contribution in [-0.4, -0.2) is 21.7 Å². The molecule has 6 nitrogen and oxygen atoms in total. The van der Waals surface area contributed by atoms with Gasteiger partial charge >= 0.3 is 0 Å². The second-order valence-corrected chi connectivity index (χ2v) is 8.47. The second kappa shape index (κ2) is 9.30. The standard InChI is InChI=1S/C13H12FNO2.C13H10FNO2/c2*14-11-4-2-1-3-9(11)12-10(7-16)13(17-15-12)8-5-6-8/h1-4,8,16H,5-7H2;1-4,7-8H,5-6H2. The highest BCUT2D eigenvalue weighted by molar-refractivity contribution is 5.87. The lowest BCUT2D eigenvalue weighted by molar-refractivity contribution is 0.112. The van der Waals surface area contributed by atoms with Crippen LogP contribution in [0.3, 0.4) is 0 Å². The fourth-order valence-electron chi connectivity index (χ4n) is 3.92. The molecule has 2 heterocycles. The number of rotatable bonds is 6. The number of halogens is 2. The van der Waals surface area contributed by atoms with Crippen molar-refractivity contribution >= 4 is 6.29 Å². The molecular formula is C26H22F2N2O4. The molecule has 0 bridgehead atoms. The third kappa shape index (κ3) is 4.28. The zero-order chi connectivity index (χ0) is 23.7. The largest absolute Gasteiger partial charge is 0.391 e. The van der Waals surface area contributed by atoms with Crippen LogP contribution < -0.4 is 0 Å². The quantitative estimate of drug-likeness (QED) is 0.351. The molecule has 4 aromatic rings. The first kappa shape index (κ1) is 22.2. The maximum atomic E-state index is 13.7. The van der Waals surface area contributed by atoms with E-state index >= 15 is 0 Å². The zero-order valence-corrected chi connectivity index (χ0v) is 18.2. The molecule has 174 valence electrons. The maximum absolute atomic E-state index is 13.7. The first-order valence-corrected chi connectivity index (χ1v) is 11.2. The molecule has 0 unspecified atom stereocenters. The number of aldehydes is 1. The van der Waals surface area contributed by atoms with E-state index in [1.54, 1.807) is 36.4 Å². The van der Waals surface area contributed by atoms with Crippen LogP contribution in [0.1, 0.15) is 65.0 Å². The number of carbonyl (C=O) groups is 1. The summed E-state index contributed by atoms with van der Waals surface area (Å²) in [5.74, 6) is 1.20. The highest BCUT2D eigenvalue weighted by Gasteiger charge is 2.33. The molecule has 2 aliphatic carbocycles. The Balaban J connectivity index is 0.000000142. The molecule has 0 radical (unpaired) electrons. The Labute approximate surface area is 194 Å². The summed E-state index contributed by atoms with van der Waals surface area (Å²) < 4.78 is 37.7. The summed E-state index contributed by atoms with van der Waals surface area (Å²) in [7, 11) is 0. The number of hydrogen-bond donors (Lipinski definition) is 1. The molecule has 0 saturated heterocycles. The smallest absolute Gasteiger partial charge is 0.155 e. The van der Waals surface area contributed by atoms with Gasteiger partial charge in [0.05, 0.1) is 12.2 Å². The molecular weight excluding hydrogens is 442 g/mol. The molecule has 0 spiro atoms. The van der Waals surface area contributed by atoms with Crippen molar-refractivity contribution in [2.75, 3.05) is 0 Å². The van der Waals surface area contributed by atoms with Gasteiger partial charge in [-0.1, -0.05) is 34.6 Å². The summed E-state index contributed by atoms with van der Waals surface area (Å²) >= 11 is 0. The van der Waals surface area contributed by atoms with E-state index in [0.717, 1.165) is 25.7 Å². The molecule has 34 heavy (non-hydrogen) atoms. The monoisotopic (exact) mass is 464 g/mol. The predicted octanol–water partition coefficient (Wildman–Crippen LogP) is 6.02. The Morgan fingerprint density at radius 3 is 1.85 bits per heavy atom. The van der Waals surface area contributed by atoms with Crippen LogP contribution in [0.2, 0.25) is 0 Å². The minimum Gasteiger partial charge on any atom is -0.391 e. The molecule has 0 atom stereocenters. The van der Waals surface area contributed by atoms with Gasteiger partial charge in [0.15, 0.2) is 12.0 Å². The lowest BCUT2D eigenvalue weighted by atomic mass is 10.0. The molecule has 1 N–H and O–H groups in total. The van der Waals surface area contributed by atoms with E-state index in [1.807, 2.05) is 0 Å². The first-order chi connectivity index (χ1) is 16.6. The van der Waals surface area contributed by atoms with Crippen molar-refractivity contribution in [1.82, 2.24) is 10.3 Å². The molecule has 2 aromatic carbocycles. The number of aromatic nitrogens is 2. The SMILES string of the molecule is O=Cc1c(-c2ccccc2F)noc1C1CC1.OCc1c(-c2ccccc2F)noc1C1CC1. The van der Waals surface area contributed by atoms with E-state index in [4.69, 9.17) is 9.05 Å². The van der Waals surface area contributed by atoms with Crippen LogP contribution >= 0.6 is 0 Å². The van der Waals surface area contributed by atoms with Gasteiger partial charge in [-0.3, -0.25) is 4.79 Å². The zero-order valence-electron chi connectivity index (χ0n) is 18.2. The average Bonchev–Trinajstić information content (AvgIpc) is 3.80. The number of benzene rings is 2. The van der Waals surface area contributed by atoms with E-state index < -0.39 is 5.82 Å². The Kier molecular flexibility index (Phi) is 6.06. The highest BCUT2D eigenvalue weighted by atomic mass is 19.1. The van der Waals surface area contributed by atoms with Crippen LogP contribution in [0, 0.1) is 11.6 Å². The van der Waals surface area contributed by atoms with Crippen LogP contribution in [0.4, 0.5) is 8.78 Å². The molecule has 0 aliphatic heterocycles. The van der Waals surface area contributed by atoms with E-state index in [2.05, 4.69) is 10.3 Å². The lowest BCUT2D eigenvalue weighted by Gasteiger charge is -2.01. The van der Waals surface area contributed by atoms with Gasteiger partial charge in [-0.05, 0) is 49.9 Å². The number of carbonyl (C=O) groups excluding carboxylic acids is 1. The minimum atomic E-state index is -0.397. The van der Waals surface area contributed by atoms with Crippen molar-refractivity contribution < 1.29 is 27.7 Å². The summed E-state index contributed by atoms with van der Waals surface area (Å²) in [5.41, 5.74) is 2.43. The van der Waals surface area contributed by atoms with Crippen molar-refractivity contribution in [3.05, 3.63) is 82.8 Å². The fourth-order valence-corrected chi connectivity index (χ4v) is 3.92. The van der Waals surface area contributed by atoms with E-state index in [0.29, 0.717) is 57.4 Å². The average molecular weight is 464 g/mol. The second-order valence-electron chi connectivity index (χ2n) is 8.47. The van der Waals surface area contributed by atoms with Crippen molar-refractivity contribution in [2.45, 2.75) is 44.1 Å². The number of hydrogen-bond acceptors (Lipinski definition) is 6. The fraction of sp³-hybridized carbons (Fsp3) is 0.269. The Hall–Kier alpha value is -3.65. The van der Waals surface area contributed by atoms with Gasteiger partial charge in [-0.2, -0.15) is 0 Å². The third-order valence-corrected chi connectivity index (χ3v) is 6.00. The molecule has 2 aromatic heterocycles. The van der Waals surface area contributed by atoms with Crippen molar-refractivity contribution in [3.63, 3.8) is 0 Å². The minimum absolute atomic E-state index is 0.168. The van der Waals surface area contributed by atoms with Crippen molar-refractivity contribution in [2.24, 2.45) is 0 Å². The van der Waals surface area contributed by atoms with Gasteiger partial charge in [0.25, 0.3) is 0 Å². The summed E-state index contributed by atoms with van der Waals surface area (Å²) in [4.78, 5) is 11.1. The molecule has 2 aliphatic rings. The van der Waals surface area contributed by atoms with E-state index in [9.17, 15) is 18.7 Å². The third-order valence-electron chi connectivity index (χ3n) is 6.00. The van der Waals surface area contributed by atoms with Crippen LogP contribution in [-0.2, 0) is 6.61 Å². The van der Waals surface area contributed by atoms with E-state index in [1.165, 1.54) is 12.1 Å². The molecule has 2 fully saturated rings. The van der Waals surface area contributed by atoms with Gasteiger partial charge in [0, 0.05) is 28.5 Å². The van der Waals surface area contributed by atoms with Crippen molar-refractivity contribution in [3.8, 4) is 22.5 Å². The molecule has 0 amide bonds. The first-order valence-electron chi connectivity index (χ1n) is 11.2. The number of nitrogens with zero attached hydrogens (tertiary/aromatic N) is 2. The summed E-state index contributed by atoms with van der Waals surface area (Å²) in [6, 6.07) is 12.6. The number of aliphatic hydroxyl groups excluding tert-OH is 1. The normalized spacial score (nSPS) is 15.0. The maximum Gasteiger partial charge on any atom is 0.155 e. The van der Waals surface area contributed by atoms with Gasteiger partial charge in [-0.25, -0.2) is 8.78 Å².